The van der Waals surface area contributed by atoms with E-state index < -0.39 is 11.6 Å². The Kier molecular flexibility index (Phi) is 1.41. The van der Waals surface area contributed by atoms with Crippen LogP contribution in [0.5, 0.6) is 0 Å². The predicted octanol–water partition coefficient (Wildman–Crippen LogP) is 2.45. The van der Waals surface area contributed by atoms with Crippen LogP contribution in [0.25, 0.3) is 0 Å². The van der Waals surface area contributed by atoms with Gasteiger partial charge in [-0.2, -0.15) is 0 Å². The first-order valence-electron chi connectivity index (χ1n) is 3.74. The van der Waals surface area contributed by atoms with E-state index >= 15 is 0 Å². The average Bonchev–Trinajstić information content (AvgIpc) is 2.36. The Morgan fingerprint density at radius 2 is 1.36 bits per heavy atom. The topological polar surface area (TPSA) is 0 Å². The molecule has 1 aromatic carbocycles. The fraction of sp³-hybridized carbons (Fsp3) is 0.333. The second-order valence-corrected chi connectivity index (χ2v) is 2.89. The fourth-order valence-electron chi connectivity index (χ4n) is 1.56. The van der Waals surface area contributed by atoms with Gasteiger partial charge in [-0.1, -0.05) is 0 Å². The minimum absolute atomic E-state index is 0.717. The van der Waals surface area contributed by atoms with Gasteiger partial charge in [0.25, 0.3) is 0 Å². The maximum atomic E-state index is 12.6. The van der Waals surface area contributed by atoms with Crippen molar-refractivity contribution in [3.63, 3.8) is 0 Å². The summed E-state index contributed by atoms with van der Waals surface area (Å²) in [5.41, 5.74) is 1.95. The number of aryl methyl sites for hydroxylation is 2. The lowest BCUT2D eigenvalue weighted by molar-refractivity contribution is 0.507. The van der Waals surface area contributed by atoms with Crippen LogP contribution in [-0.4, -0.2) is 0 Å². The normalized spacial score (nSPS) is 15.1. The van der Waals surface area contributed by atoms with E-state index in [4.69, 9.17) is 0 Å². The molecule has 0 aliphatic heterocycles. The maximum Gasteiger partial charge on any atom is 0.159 e. The van der Waals surface area contributed by atoms with Crippen molar-refractivity contribution >= 4 is 0 Å². The van der Waals surface area contributed by atoms with Gasteiger partial charge in [0.2, 0.25) is 0 Å². The lowest BCUT2D eigenvalue weighted by Gasteiger charge is -1.98. The van der Waals surface area contributed by atoms with E-state index in [1.54, 1.807) is 0 Å². The van der Waals surface area contributed by atoms with Gasteiger partial charge in [-0.05, 0) is 42.5 Å². The van der Waals surface area contributed by atoms with Gasteiger partial charge in [0.05, 0.1) is 0 Å². The zero-order chi connectivity index (χ0) is 7.84. The Morgan fingerprint density at radius 1 is 0.909 bits per heavy atom. The molecule has 0 spiro atoms. The first kappa shape index (κ1) is 6.77. The maximum absolute atomic E-state index is 12.6. The number of rotatable bonds is 0. The summed E-state index contributed by atoms with van der Waals surface area (Å²) in [6, 6.07) is 2.63. The van der Waals surface area contributed by atoms with Gasteiger partial charge in [0.15, 0.2) is 11.6 Å². The molecule has 58 valence electrons. The van der Waals surface area contributed by atoms with E-state index in [1.165, 1.54) is 12.1 Å². The smallest absolute Gasteiger partial charge is 0.159 e. The zero-order valence-electron chi connectivity index (χ0n) is 6.03. The van der Waals surface area contributed by atoms with Crippen LogP contribution in [0.4, 0.5) is 8.78 Å². The third-order valence-corrected chi connectivity index (χ3v) is 2.13. The van der Waals surface area contributed by atoms with Gasteiger partial charge in [-0.3, -0.25) is 0 Å². The Morgan fingerprint density at radius 3 is 1.82 bits per heavy atom. The summed E-state index contributed by atoms with van der Waals surface area (Å²) in [5, 5.41) is 0. The lowest BCUT2D eigenvalue weighted by atomic mass is 10.1. The molecule has 0 fully saturated rings. The van der Waals surface area contributed by atoms with Crippen molar-refractivity contribution < 1.29 is 8.78 Å². The van der Waals surface area contributed by atoms with Crippen molar-refractivity contribution in [2.24, 2.45) is 0 Å². The molecule has 2 heteroatoms. The van der Waals surface area contributed by atoms with E-state index in [0.717, 1.165) is 30.4 Å². The van der Waals surface area contributed by atoms with Crippen LogP contribution < -0.4 is 0 Å². The summed E-state index contributed by atoms with van der Waals surface area (Å²) in [6.45, 7) is 0. The third-order valence-electron chi connectivity index (χ3n) is 2.13. The van der Waals surface area contributed by atoms with Gasteiger partial charge in [-0.25, -0.2) is 8.78 Å². The highest BCUT2D eigenvalue weighted by Gasteiger charge is 2.13. The Hall–Kier alpha value is -0.920. The number of fused-ring (bicyclic) bond motifs is 1. The molecule has 0 unspecified atom stereocenters. The molecule has 0 heterocycles. The van der Waals surface area contributed by atoms with Crippen molar-refractivity contribution in [3.05, 3.63) is 34.9 Å². The largest absolute Gasteiger partial charge is 0.204 e. The zero-order valence-corrected chi connectivity index (χ0v) is 6.03. The number of halogens is 2. The van der Waals surface area contributed by atoms with Crippen molar-refractivity contribution in [2.45, 2.75) is 19.3 Å². The van der Waals surface area contributed by atoms with E-state index in [2.05, 4.69) is 0 Å². The number of hydrogen-bond acceptors (Lipinski definition) is 0. The molecule has 0 atom stereocenters. The average molecular weight is 154 g/mol. The predicted molar refractivity (Wildman–Crippen MR) is 38.4 cm³/mol. The molecule has 0 saturated carbocycles. The fourth-order valence-corrected chi connectivity index (χ4v) is 1.56. The molecule has 1 aromatic rings. The molecule has 0 nitrogen and oxygen atoms in total. The monoisotopic (exact) mass is 154 g/mol. The summed E-state index contributed by atoms with van der Waals surface area (Å²) < 4.78 is 25.2. The third kappa shape index (κ3) is 1.02. The van der Waals surface area contributed by atoms with Crippen LogP contribution in [0.15, 0.2) is 12.1 Å². The van der Waals surface area contributed by atoms with E-state index in [9.17, 15) is 8.78 Å². The van der Waals surface area contributed by atoms with Crippen molar-refractivity contribution in [2.75, 3.05) is 0 Å². The highest BCUT2D eigenvalue weighted by molar-refractivity contribution is 5.32. The van der Waals surface area contributed by atoms with Crippen LogP contribution in [0.2, 0.25) is 0 Å². The van der Waals surface area contributed by atoms with Crippen LogP contribution in [0.1, 0.15) is 17.5 Å². The molecule has 0 N–H and O–H groups in total. The highest BCUT2D eigenvalue weighted by atomic mass is 19.2. The molecule has 1 aliphatic carbocycles. The van der Waals surface area contributed by atoms with Crippen LogP contribution in [-0.2, 0) is 12.8 Å². The Labute approximate surface area is 63.9 Å². The van der Waals surface area contributed by atoms with Crippen molar-refractivity contribution in [3.8, 4) is 0 Å². The minimum atomic E-state index is -0.717. The van der Waals surface area contributed by atoms with Crippen LogP contribution in [0, 0.1) is 11.6 Å². The van der Waals surface area contributed by atoms with Gasteiger partial charge in [-0.15, -0.1) is 0 Å². The summed E-state index contributed by atoms with van der Waals surface area (Å²) >= 11 is 0. The highest BCUT2D eigenvalue weighted by Crippen LogP contribution is 2.23. The van der Waals surface area contributed by atoms with E-state index in [0.29, 0.717) is 0 Å². The Balaban J connectivity index is 2.57. The van der Waals surface area contributed by atoms with Gasteiger partial charge < -0.3 is 0 Å². The van der Waals surface area contributed by atoms with Crippen molar-refractivity contribution in [1.29, 1.82) is 0 Å². The quantitative estimate of drug-likeness (QED) is 0.538. The summed E-state index contributed by atoms with van der Waals surface area (Å²) in [6.07, 6.45) is 2.82. The SMILES string of the molecule is Fc1cc2c(cc1F)CCC2. The van der Waals surface area contributed by atoms with Gasteiger partial charge in [0, 0.05) is 0 Å². The van der Waals surface area contributed by atoms with Gasteiger partial charge >= 0.3 is 0 Å². The van der Waals surface area contributed by atoms with Crippen LogP contribution >= 0.6 is 0 Å². The molecule has 0 amide bonds. The van der Waals surface area contributed by atoms with Crippen molar-refractivity contribution in [1.82, 2.24) is 0 Å². The summed E-state index contributed by atoms with van der Waals surface area (Å²) in [5.74, 6) is -1.43. The molecule has 11 heavy (non-hydrogen) atoms. The standard InChI is InChI=1S/C9H8F2/c10-8-4-6-2-1-3-7(6)5-9(8)11/h4-5H,1-3H2. The first-order chi connectivity index (χ1) is 5.27. The molecule has 0 bridgehead atoms. The summed E-state index contributed by atoms with van der Waals surface area (Å²) in [4.78, 5) is 0. The number of hydrogen-bond donors (Lipinski definition) is 0. The summed E-state index contributed by atoms with van der Waals surface area (Å²) in [7, 11) is 0. The van der Waals surface area contributed by atoms with Gasteiger partial charge in [0.1, 0.15) is 0 Å². The molecular weight excluding hydrogens is 146 g/mol. The molecule has 1 aliphatic rings. The Bertz CT molecular complexity index is 263. The van der Waals surface area contributed by atoms with E-state index in [1.807, 2.05) is 0 Å². The molecule has 2 rings (SSSR count). The minimum Gasteiger partial charge on any atom is -0.204 e. The number of benzene rings is 1. The molecule has 0 aromatic heterocycles. The lowest BCUT2D eigenvalue weighted by Crippen LogP contribution is -1.89. The second kappa shape index (κ2) is 2.29. The molecule has 0 saturated heterocycles. The molecular formula is C9H8F2. The van der Waals surface area contributed by atoms with E-state index in [-0.39, 0.29) is 0 Å². The second-order valence-electron chi connectivity index (χ2n) is 2.89. The van der Waals surface area contributed by atoms with Crippen LogP contribution in [0.3, 0.4) is 0 Å². The first-order valence-corrected chi connectivity index (χ1v) is 3.74. The molecule has 0 radical (unpaired) electrons.